The molecule has 1 aromatic rings. The van der Waals surface area contributed by atoms with Gasteiger partial charge in [-0.2, -0.15) is 0 Å². The Hall–Kier alpha value is -2.98. The van der Waals surface area contributed by atoms with E-state index in [1.54, 1.807) is 7.05 Å². The molecule has 1 aliphatic heterocycles. The Morgan fingerprint density at radius 3 is 2.65 bits per heavy atom. The molecule has 26 heavy (non-hydrogen) atoms. The number of hydrogen-bond donors (Lipinski definition) is 4. The lowest BCUT2D eigenvalue weighted by Crippen LogP contribution is -2.60. The first kappa shape index (κ1) is 17.8. The van der Waals surface area contributed by atoms with Gasteiger partial charge in [0.25, 0.3) is 0 Å². The van der Waals surface area contributed by atoms with Crippen molar-refractivity contribution in [3.05, 3.63) is 11.9 Å². The summed E-state index contributed by atoms with van der Waals surface area (Å²) in [6.45, 7) is 0. The highest BCUT2D eigenvalue weighted by Gasteiger charge is 2.34. The van der Waals surface area contributed by atoms with Crippen LogP contribution in [-0.2, 0) is 27.9 Å². The number of hydrogen-bond acceptors (Lipinski definition) is 6. The molecule has 2 aliphatic rings. The lowest BCUT2D eigenvalue weighted by molar-refractivity contribution is -0.129. The zero-order chi connectivity index (χ0) is 18.7. The molecule has 5 amide bonds. The monoisotopic (exact) mass is 363 g/mol. The SMILES string of the molecule is Cn1nncc1CC(=O)N[C@H]1CCC[C@H]1NC(=O)[C@@H]1CC(=O)NC(=O)N1. The lowest BCUT2D eigenvalue weighted by atomic mass is 10.1. The second-order valence-electron chi connectivity index (χ2n) is 6.52. The van der Waals surface area contributed by atoms with Gasteiger partial charge in [-0.25, -0.2) is 4.79 Å². The number of imide groups is 1. The Bertz CT molecular complexity index is 715. The number of rotatable bonds is 5. The molecule has 3 atom stereocenters. The average molecular weight is 363 g/mol. The van der Waals surface area contributed by atoms with Crippen LogP contribution in [0.25, 0.3) is 0 Å². The highest BCUT2D eigenvalue weighted by Crippen LogP contribution is 2.19. The summed E-state index contributed by atoms with van der Waals surface area (Å²) in [7, 11) is 1.71. The third-order valence-corrected chi connectivity index (χ3v) is 4.60. The summed E-state index contributed by atoms with van der Waals surface area (Å²) in [4.78, 5) is 47.3. The van der Waals surface area contributed by atoms with Gasteiger partial charge in [-0.3, -0.25) is 24.4 Å². The van der Waals surface area contributed by atoms with Crippen molar-refractivity contribution in [2.24, 2.45) is 7.05 Å². The fourth-order valence-electron chi connectivity index (χ4n) is 3.25. The molecule has 2 heterocycles. The van der Waals surface area contributed by atoms with E-state index in [0.717, 1.165) is 19.3 Å². The van der Waals surface area contributed by atoms with Gasteiger partial charge in [0.15, 0.2) is 0 Å². The van der Waals surface area contributed by atoms with Gasteiger partial charge in [-0.15, -0.1) is 5.10 Å². The van der Waals surface area contributed by atoms with Crippen LogP contribution in [0.3, 0.4) is 0 Å². The molecular weight excluding hydrogens is 342 g/mol. The number of nitrogens with zero attached hydrogens (tertiary/aromatic N) is 3. The van der Waals surface area contributed by atoms with Crippen LogP contribution in [0.4, 0.5) is 4.79 Å². The van der Waals surface area contributed by atoms with Crippen LogP contribution in [0, 0.1) is 0 Å². The number of urea groups is 1. The summed E-state index contributed by atoms with van der Waals surface area (Å²) in [5, 5.41) is 17.8. The van der Waals surface area contributed by atoms with E-state index in [1.807, 2.05) is 0 Å². The van der Waals surface area contributed by atoms with Crippen molar-refractivity contribution in [3.63, 3.8) is 0 Å². The van der Waals surface area contributed by atoms with Gasteiger partial charge in [0.1, 0.15) is 6.04 Å². The van der Waals surface area contributed by atoms with E-state index < -0.39 is 23.9 Å². The van der Waals surface area contributed by atoms with Crippen LogP contribution in [0.1, 0.15) is 31.4 Å². The van der Waals surface area contributed by atoms with E-state index in [1.165, 1.54) is 10.9 Å². The third-order valence-electron chi connectivity index (χ3n) is 4.60. The van der Waals surface area contributed by atoms with Gasteiger partial charge in [0, 0.05) is 19.1 Å². The van der Waals surface area contributed by atoms with E-state index in [4.69, 9.17) is 0 Å². The topological polar surface area (TPSA) is 147 Å². The zero-order valence-corrected chi connectivity index (χ0v) is 14.3. The predicted molar refractivity (Wildman–Crippen MR) is 87.5 cm³/mol. The summed E-state index contributed by atoms with van der Waals surface area (Å²) in [6.07, 6.45) is 3.91. The fourth-order valence-corrected chi connectivity index (χ4v) is 3.25. The molecule has 0 unspecified atom stereocenters. The first-order chi connectivity index (χ1) is 12.4. The molecule has 11 nitrogen and oxygen atoms in total. The molecule has 1 aliphatic carbocycles. The number of nitrogens with one attached hydrogen (secondary N) is 4. The van der Waals surface area contributed by atoms with Crippen molar-refractivity contribution < 1.29 is 19.2 Å². The predicted octanol–water partition coefficient (Wildman–Crippen LogP) is -1.89. The number of carbonyl (C=O) groups is 4. The zero-order valence-electron chi connectivity index (χ0n) is 14.3. The lowest BCUT2D eigenvalue weighted by Gasteiger charge is -2.27. The molecule has 0 bridgehead atoms. The normalized spacial score (nSPS) is 25.3. The largest absolute Gasteiger partial charge is 0.351 e. The molecule has 3 rings (SSSR count). The van der Waals surface area contributed by atoms with Crippen LogP contribution in [0.5, 0.6) is 0 Å². The Morgan fingerprint density at radius 1 is 1.27 bits per heavy atom. The van der Waals surface area contributed by atoms with Gasteiger partial charge in [0.05, 0.1) is 24.7 Å². The summed E-state index contributed by atoms with van der Waals surface area (Å²) in [5.41, 5.74) is 0.692. The van der Waals surface area contributed by atoms with Crippen molar-refractivity contribution in [2.75, 3.05) is 0 Å². The van der Waals surface area contributed by atoms with Gasteiger partial charge >= 0.3 is 6.03 Å². The van der Waals surface area contributed by atoms with Crippen molar-refractivity contribution >= 4 is 23.8 Å². The molecule has 11 heteroatoms. The molecule has 140 valence electrons. The molecule has 1 saturated carbocycles. The van der Waals surface area contributed by atoms with Crippen LogP contribution in [0.15, 0.2) is 6.20 Å². The van der Waals surface area contributed by atoms with E-state index in [0.29, 0.717) is 5.69 Å². The number of aromatic nitrogens is 3. The second-order valence-corrected chi connectivity index (χ2v) is 6.52. The maximum atomic E-state index is 12.3. The first-order valence-corrected chi connectivity index (χ1v) is 8.46. The van der Waals surface area contributed by atoms with Gasteiger partial charge in [-0.05, 0) is 19.3 Å². The molecule has 0 radical (unpaired) electrons. The highest BCUT2D eigenvalue weighted by molar-refractivity contribution is 6.02. The highest BCUT2D eigenvalue weighted by atomic mass is 16.2. The molecular formula is C15H21N7O4. The quantitative estimate of drug-likeness (QED) is 0.481. The number of aryl methyl sites for hydroxylation is 1. The van der Waals surface area contributed by atoms with Gasteiger partial charge in [0.2, 0.25) is 17.7 Å². The minimum absolute atomic E-state index is 0.102. The van der Waals surface area contributed by atoms with Crippen molar-refractivity contribution in [3.8, 4) is 0 Å². The van der Waals surface area contributed by atoms with Crippen LogP contribution < -0.4 is 21.3 Å². The second kappa shape index (κ2) is 7.50. The summed E-state index contributed by atoms with van der Waals surface area (Å²) in [6, 6.07) is -2.00. The average Bonchev–Trinajstić information content (AvgIpc) is 3.16. The van der Waals surface area contributed by atoms with Crippen molar-refractivity contribution in [1.82, 2.24) is 36.3 Å². The summed E-state index contributed by atoms with van der Waals surface area (Å²) in [5.74, 6) is -1.09. The minimum Gasteiger partial charge on any atom is -0.351 e. The minimum atomic E-state index is -0.895. The van der Waals surface area contributed by atoms with Crippen LogP contribution >= 0.6 is 0 Å². The van der Waals surface area contributed by atoms with Gasteiger partial charge in [-0.1, -0.05) is 5.21 Å². The molecule has 0 spiro atoms. The van der Waals surface area contributed by atoms with Crippen LogP contribution in [-0.4, -0.2) is 56.9 Å². The molecule has 1 saturated heterocycles. The smallest absolute Gasteiger partial charge is 0.322 e. The van der Waals surface area contributed by atoms with Crippen molar-refractivity contribution in [1.29, 1.82) is 0 Å². The molecule has 2 fully saturated rings. The first-order valence-electron chi connectivity index (χ1n) is 8.46. The summed E-state index contributed by atoms with van der Waals surface area (Å²) >= 11 is 0. The van der Waals surface area contributed by atoms with Gasteiger partial charge < -0.3 is 16.0 Å². The van der Waals surface area contributed by atoms with Crippen LogP contribution in [0.2, 0.25) is 0 Å². The Balaban J connectivity index is 1.53. The molecule has 0 aromatic carbocycles. The number of carbonyl (C=O) groups excluding carboxylic acids is 4. The van der Waals surface area contributed by atoms with E-state index in [2.05, 4.69) is 31.6 Å². The maximum Gasteiger partial charge on any atom is 0.322 e. The third kappa shape index (κ3) is 4.16. The van der Waals surface area contributed by atoms with E-state index in [9.17, 15) is 19.2 Å². The number of amides is 5. The Morgan fingerprint density at radius 2 is 2.00 bits per heavy atom. The fraction of sp³-hybridized carbons (Fsp3) is 0.600. The standard InChI is InChI=1S/C15H21N7O4/c1-22-8(7-16-21-22)5-12(23)17-9-3-2-4-10(9)18-14(25)11-6-13(24)20-15(26)19-11/h7,9-11H,2-6H2,1H3,(H,17,23)(H,18,25)(H2,19,20,24,26)/t9-,10+,11-/m0/s1. The molecule has 1 aromatic heterocycles. The Kier molecular flexibility index (Phi) is 5.14. The Labute approximate surface area is 149 Å². The maximum absolute atomic E-state index is 12.3. The van der Waals surface area contributed by atoms with E-state index in [-0.39, 0.29) is 30.8 Å². The molecule has 4 N–H and O–H groups in total. The van der Waals surface area contributed by atoms with Crippen molar-refractivity contribution in [2.45, 2.75) is 50.2 Å². The summed E-state index contributed by atoms with van der Waals surface area (Å²) < 4.78 is 1.53. The van der Waals surface area contributed by atoms with E-state index >= 15 is 0 Å².